The van der Waals surface area contributed by atoms with Crippen LogP contribution in [0.3, 0.4) is 0 Å². The lowest BCUT2D eigenvalue weighted by Crippen LogP contribution is -2.46. The van der Waals surface area contributed by atoms with E-state index in [-0.39, 0.29) is 24.3 Å². The monoisotopic (exact) mass is 406 g/mol. The Balaban J connectivity index is 1.76. The van der Waals surface area contributed by atoms with Gasteiger partial charge in [-0.15, -0.1) is 0 Å². The number of ether oxygens (including phenoxy) is 1. The van der Waals surface area contributed by atoms with Crippen molar-refractivity contribution in [3.05, 3.63) is 71.9 Å². The molecular formula is C25H30N2O3. The number of amides is 1. The second-order valence-electron chi connectivity index (χ2n) is 7.89. The van der Waals surface area contributed by atoms with Crippen molar-refractivity contribution in [2.75, 3.05) is 0 Å². The van der Waals surface area contributed by atoms with Crippen molar-refractivity contribution in [1.29, 1.82) is 0 Å². The van der Waals surface area contributed by atoms with E-state index in [9.17, 15) is 9.59 Å². The van der Waals surface area contributed by atoms with Crippen LogP contribution in [0.1, 0.15) is 38.3 Å². The van der Waals surface area contributed by atoms with Crippen LogP contribution in [0.4, 0.5) is 0 Å². The number of benzene rings is 2. The molecule has 0 saturated heterocycles. The lowest BCUT2D eigenvalue weighted by Gasteiger charge is -2.22. The van der Waals surface area contributed by atoms with Gasteiger partial charge in [-0.3, -0.25) is 4.79 Å². The van der Waals surface area contributed by atoms with Crippen molar-refractivity contribution in [3.8, 4) is 0 Å². The van der Waals surface area contributed by atoms with Gasteiger partial charge in [0.1, 0.15) is 12.6 Å². The number of nitrogens with one attached hydrogen (secondary N) is 2. The molecule has 1 aromatic heterocycles. The quantitative estimate of drug-likeness (QED) is 0.509. The number of carbonyl (C=O) groups excluding carboxylic acids is 2. The summed E-state index contributed by atoms with van der Waals surface area (Å²) in [6.45, 7) is 6.20. The number of hydrogen-bond acceptors (Lipinski definition) is 3. The Kier molecular flexibility index (Phi) is 7.28. The summed E-state index contributed by atoms with van der Waals surface area (Å²) in [5.74, 6) is -0.485. The summed E-state index contributed by atoms with van der Waals surface area (Å²) in [7, 11) is 0. The number of carbonyl (C=O) groups is 2. The molecule has 3 rings (SSSR count). The Morgan fingerprint density at radius 2 is 1.73 bits per heavy atom. The van der Waals surface area contributed by atoms with Crippen molar-refractivity contribution in [3.63, 3.8) is 0 Å². The minimum atomic E-state index is -0.744. The molecule has 0 aliphatic carbocycles. The van der Waals surface area contributed by atoms with Crippen molar-refractivity contribution in [2.45, 2.75) is 46.3 Å². The van der Waals surface area contributed by atoms with Crippen molar-refractivity contribution >= 4 is 22.8 Å². The maximum atomic E-state index is 12.9. The first-order valence-corrected chi connectivity index (χ1v) is 10.6. The van der Waals surface area contributed by atoms with Crippen LogP contribution in [0.5, 0.6) is 0 Å². The molecule has 0 aliphatic rings. The molecule has 3 atom stereocenters. The Bertz CT molecular complexity index is 980. The van der Waals surface area contributed by atoms with E-state index in [2.05, 4.69) is 17.2 Å². The molecule has 0 aliphatic heterocycles. The average molecular weight is 407 g/mol. The Morgan fingerprint density at radius 3 is 2.47 bits per heavy atom. The minimum Gasteiger partial charge on any atom is -0.459 e. The summed E-state index contributed by atoms with van der Waals surface area (Å²) in [4.78, 5) is 29.0. The molecule has 30 heavy (non-hydrogen) atoms. The largest absolute Gasteiger partial charge is 0.459 e. The van der Waals surface area contributed by atoms with Gasteiger partial charge in [0, 0.05) is 29.4 Å². The van der Waals surface area contributed by atoms with Gasteiger partial charge in [-0.1, -0.05) is 75.7 Å². The summed E-state index contributed by atoms with van der Waals surface area (Å²) in [6.07, 6.45) is 3.17. The lowest BCUT2D eigenvalue weighted by molar-refractivity contribution is -0.149. The first-order valence-electron chi connectivity index (χ1n) is 10.6. The van der Waals surface area contributed by atoms with Gasteiger partial charge in [0.25, 0.3) is 0 Å². The van der Waals surface area contributed by atoms with E-state index in [0.717, 1.165) is 28.5 Å². The second kappa shape index (κ2) is 10.1. The zero-order valence-corrected chi connectivity index (χ0v) is 17.9. The highest BCUT2D eigenvalue weighted by atomic mass is 16.5. The highest BCUT2D eigenvalue weighted by molar-refractivity contribution is 5.88. The molecule has 1 heterocycles. The van der Waals surface area contributed by atoms with Gasteiger partial charge in [0.2, 0.25) is 5.91 Å². The van der Waals surface area contributed by atoms with E-state index in [1.807, 2.05) is 74.6 Å². The van der Waals surface area contributed by atoms with Gasteiger partial charge in [0.05, 0.1) is 0 Å². The third-order valence-electron chi connectivity index (χ3n) is 5.83. The fraction of sp³-hybridized carbons (Fsp3) is 0.360. The SMILES string of the molecule is CC[C@H](C)[C@H](C)C(=O)NC(Cc1c[nH]c2ccccc12)C(=O)OCc1ccccc1. The third kappa shape index (κ3) is 5.29. The van der Waals surface area contributed by atoms with Crippen molar-refractivity contribution in [2.24, 2.45) is 11.8 Å². The maximum Gasteiger partial charge on any atom is 0.329 e. The molecule has 158 valence electrons. The molecule has 0 radical (unpaired) electrons. The van der Waals surface area contributed by atoms with Gasteiger partial charge in [0.15, 0.2) is 0 Å². The number of esters is 1. The summed E-state index contributed by atoms with van der Waals surface area (Å²) in [6, 6.07) is 16.7. The minimum absolute atomic E-state index is 0.120. The van der Waals surface area contributed by atoms with E-state index < -0.39 is 12.0 Å². The summed E-state index contributed by atoms with van der Waals surface area (Å²) < 4.78 is 5.55. The molecule has 0 fully saturated rings. The molecule has 3 aromatic rings. The molecule has 1 amide bonds. The van der Waals surface area contributed by atoms with Gasteiger partial charge in [-0.05, 0) is 23.1 Å². The fourth-order valence-electron chi connectivity index (χ4n) is 3.46. The number of para-hydroxylation sites is 1. The Labute approximate surface area is 177 Å². The molecular weight excluding hydrogens is 376 g/mol. The predicted molar refractivity (Wildman–Crippen MR) is 119 cm³/mol. The van der Waals surface area contributed by atoms with Crippen LogP contribution in [-0.2, 0) is 27.4 Å². The Hall–Kier alpha value is -3.08. The molecule has 0 saturated carbocycles. The van der Waals surface area contributed by atoms with E-state index in [4.69, 9.17) is 4.74 Å². The number of fused-ring (bicyclic) bond motifs is 1. The zero-order chi connectivity index (χ0) is 21.5. The Morgan fingerprint density at radius 1 is 1.03 bits per heavy atom. The van der Waals surface area contributed by atoms with Crippen LogP contribution >= 0.6 is 0 Å². The van der Waals surface area contributed by atoms with Crippen LogP contribution in [0.15, 0.2) is 60.8 Å². The van der Waals surface area contributed by atoms with Crippen molar-refractivity contribution in [1.82, 2.24) is 10.3 Å². The van der Waals surface area contributed by atoms with Crippen LogP contribution in [0.2, 0.25) is 0 Å². The first-order chi connectivity index (χ1) is 14.5. The van der Waals surface area contributed by atoms with E-state index in [1.54, 1.807) is 0 Å². The highest BCUT2D eigenvalue weighted by Gasteiger charge is 2.27. The van der Waals surface area contributed by atoms with Crippen molar-refractivity contribution < 1.29 is 14.3 Å². The topological polar surface area (TPSA) is 71.2 Å². The number of H-pyrrole nitrogens is 1. The zero-order valence-electron chi connectivity index (χ0n) is 17.9. The van der Waals surface area contributed by atoms with E-state index >= 15 is 0 Å². The van der Waals surface area contributed by atoms with Crippen LogP contribution in [0.25, 0.3) is 10.9 Å². The number of aromatic nitrogens is 1. The standard InChI is InChI=1S/C25H30N2O3/c1-4-17(2)18(3)24(28)27-23(25(29)30-16-19-10-6-5-7-11-19)14-20-15-26-22-13-9-8-12-21(20)22/h5-13,15,17-18,23,26H,4,14,16H2,1-3H3,(H,27,28)/t17-,18-,23?/m0/s1. The third-order valence-corrected chi connectivity index (χ3v) is 5.83. The smallest absolute Gasteiger partial charge is 0.329 e. The number of aromatic amines is 1. The van der Waals surface area contributed by atoms with Gasteiger partial charge in [-0.2, -0.15) is 0 Å². The first kappa shape index (κ1) is 21.6. The predicted octanol–water partition coefficient (Wildman–Crippen LogP) is 4.62. The van der Waals surface area contributed by atoms with Crippen LogP contribution < -0.4 is 5.32 Å². The molecule has 5 heteroatoms. The molecule has 0 bridgehead atoms. The molecule has 2 aromatic carbocycles. The highest BCUT2D eigenvalue weighted by Crippen LogP contribution is 2.20. The maximum absolute atomic E-state index is 12.9. The summed E-state index contributed by atoms with van der Waals surface area (Å²) in [5, 5.41) is 3.99. The van der Waals surface area contributed by atoms with Gasteiger partial charge in [-0.25, -0.2) is 4.79 Å². The lowest BCUT2D eigenvalue weighted by atomic mass is 9.92. The summed E-state index contributed by atoms with van der Waals surface area (Å²) in [5.41, 5.74) is 2.89. The van der Waals surface area contributed by atoms with E-state index in [0.29, 0.717) is 6.42 Å². The molecule has 0 spiro atoms. The molecule has 1 unspecified atom stereocenters. The van der Waals surface area contributed by atoms with Gasteiger partial charge >= 0.3 is 5.97 Å². The second-order valence-corrected chi connectivity index (χ2v) is 7.89. The number of hydrogen-bond donors (Lipinski definition) is 2. The fourth-order valence-corrected chi connectivity index (χ4v) is 3.46. The summed E-state index contributed by atoms with van der Waals surface area (Å²) >= 11 is 0. The van der Waals surface area contributed by atoms with Crippen LogP contribution in [-0.4, -0.2) is 22.9 Å². The average Bonchev–Trinajstić information content (AvgIpc) is 3.19. The van der Waals surface area contributed by atoms with Crippen LogP contribution in [0, 0.1) is 11.8 Å². The normalized spacial score (nSPS) is 14.1. The molecule has 2 N–H and O–H groups in total. The van der Waals surface area contributed by atoms with E-state index in [1.165, 1.54) is 0 Å². The van der Waals surface area contributed by atoms with Gasteiger partial charge < -0.3 is 15.0 Å². The number of rotatable bonds is 9. The molecule has 5 nitrogen and oxygen atoms in total.